The molecule has 3 rings (SSSR count). The SMILES string of the molecule is O=C(OCC(=O)N(c1ccccc1)C1CCCCC1)c1cc[n+]([O-])cc1. The molecule has 136 valence electrons. The molecule has 1 fully saturated rings. The summed E-state index contributed by atoms with van der Waals surface area (Å²) in [5, 5.41) is 11.0. The highest BCUT2D eigenvalue weighted by atomic mass is 16.5. The van der Waals surface area contributed by atoms with Crippen LogP contribution in [0.2, 0.25) is 0 Å². The van der Waals surface area contributed by atoms with Gasteiger partial charge in [-0.1, -0.05) is 37.5 Å². The number of rotatable bonds is 5. The van der Waals surface area contributed by atoms with E-state index in [-0.39, 0.29) is 24.1 Å². The van der Waals surface area contributed by atoms with Crippen LogP contribution in [0.15, 0.2) is 54.9 Å². The number of hydrogen-bond acceptors (Lipinski definition) is 4. The molecular formula is C20H22N2O4. The third-order valence-corrected chi connectivity index (χ3v) is 4.61. The van der Waals surface area contributed by atoms with E-state index in [1.807, 2.05) is 30.3 Å². The molecule has 0 bridgehead atoms. The van der Waals surface area contributed by atoms with E-state index in [1.54, 1.807) is 4.90 Å². The van der Waals surface area contributed by atoms with E-state index in [4.69, 9.17) is 4.74 Å². The Balaban J connectivity index is 1.69. The predicted octanol–water partition coefficient (Wildman–Crippen LogP) is 2.84. The van der Waals surface area contributed by atoms with Gasteiger partial charge >= 0.3 is 5.97 Å². The van der Waals surface area contributed by atoms with Crippen LogP contribution in [0.1, 0.15) is 42.5 Å². The van der Waals surface area contributed by atoms with Gasteiger partial charge in [-0.25, -0.2) is 4.79 Å². The van der Waals surface area contributed by atoms with Gasteiger partial charge in [0, 0.05) is 23.9 Å². The maximum absolute atomic E-state index is 12.8. The van der Waals surface area contributed by atoms with E-state index >= 15 is 0 Å². The number of hydrogen-bond donors (Lipinski definition) is 0. The average molecular weight is 354 g/mol. The van der Waals surface area contributed by atoms with Crippen molar-refractivity contribution >= 4 is 17.6 Å². The van der Waals surface area contributed by atoms with Crippen LogP contribution in [0.5, 0.6) is 0 Å². The number of carbonyl (C=O) groups excluding carboxylic acids is 2. The molecule has 2 aromatic rings. The minimum atomic E-state index is -0.615. The molecular weight excluding hydrogens is 332 g/mol. The van der Waals surface area contributed by atoms with Crippen LogP contribution in [0.3, 0.4) is 0 Å². The first-order chi connectivity index (χ1) is 12.6. The maximum Gasteiger partial charge on any atom is 0.339 e. The third-order valence-electron chi connectivity index (χ3n) is 4.61. The number of benzene rings is 1. The van der Waals surface area contributed by atoms with Crippen LogP contribution >= 0.6 is 0 Å². The molecule has 1 amide bonds. The summed E-state index contributed by atoms with van der Waals surface area (Å²) in [6, 6.07) is 12.4. The minimum absolute atomic E-state index is 0.133. The van der Waals surface area contributed by atoms with Crippen molar-refractivity contribution in [3.8, 4) is 0 Å². The van der Waals surface area contributed by atoms with E-state index in [2.05, 4.69) is 0 Å². The summed E-state index contributed by atoms with van der Waals surface area (Å²) in [6.45, 7) is -0.323. The largest absolute Gasteiger partial charge is 0.619 e. The average Bonchev–Trinajstić information content (AvgIpc) is 2.68. The number of pyridine rings is 1. The van der Waals surface area contributed by atoms with Crippen LogP contribution in [0.25, 0.3) is 0 Å². The monoisotopic (exact) mass is 354 g/mol. The van der Waals surface area contributed by atoms with Gasteiger partial charge < -0.3 is 14.8 Å². The Morgan fingerprint density at radius 3 is 2.35 bits per heavy atom. The molecule has 1 heterocycles. The number of carbonyl (C=O) groups is 2. The zero-order chi connectivity index (χ0) is 18.4. The Bertz CT molecular complexity index is 740. The van der Waals surface area contributed by atoms with Gasteiger partial charge in [0.25, 0.3) is 5.91 Å². The number of nitrogens with zero attached hydrogens (tertiary/aromatic N) is 2. The number of esters is 1. The van der Waals surface area contributed by atoms with Crippen molar-refractivity contribution in [2.24, 2.45) is 0 Å². The Hall–Kier alpha value is -2.89. The molecule has 0 radical (unpaired) electrons. The van der Waals surface area contributed by atoms with Gasteiger partial charge in [0.15, 0.2) is 19.0 Å². The Labute approximate surface area is 152 Å². The van der Waals surface area contributed by atoms with Gasteiger partial charge in [0.1, 0.15) is 0 Å². The van der Waals surface area contributed by atoms with Gasteiger partial charge in [0.2, 0.25) is 0 Å². The van der Waals surface area contributed by atoms with E-state index < -0.39 is 5.97 Å². The molecule has 1 aromatic heterocycles. The summed E-state index contributed by atoms with van der Waals surface area (Å²) in [5.74, 6) is -0.845. The van der Waals surface area contributed by atoms with Crippen molar-refractivity contribution in [3.05, 3.63) is 65.6 Å². The lowest BCUT2D eigenvalue weighted by atomic mass is 9.93. The molecule has 0 aliphatic heterocycles. The topological polar surface area (TPSA) is 73.6 Å². The van der Waals surface area contributed by atoms with Gasteiger partial charge in [-0.2, -0.15) is 4.73 Å². The number of aromatic nitrogens is 1. The molecule has 0 spiro atoms. The van der Waals surface area contributed by atoms with Crippen molar-refractivity contribution in [2.75, 3.05) is 11.5 Å². The normalized spacial score (nSPS) is 14.6. The van der Waals surface area contributed by atoms with Crippen LogP contribution < -0.4 is 9.63 Å². The summed E-state index contributed by atoms with van der Waals surface area (Å²) in [4.78, 5) is 26.7. The second-order valence-corrected chi connectivity index (χ2v) is 6.41. The van der Waals surface area contributed by atoms with Gasteiger partial charge in [-0.3, -0.25) is 4.79 Å². The molecule has 1 aromatic carbocycles. The van der Waals surface area contributed by atoms with E-state index in [9.17, 15) is 14.8 Å². The lowest BCUT2D eigenvalue weighted by molar-refractivity contribution is -0.605. The van der Waals surface area contributed by atoms with Crippen LogP contribution in [-0.4, -0.2) is 24.5 Å². The van der Waals surface area contributed by atoms with Crippen LogP contribution in [-0.2, 0) is 9.53 Å². The van der Waals surface area contributed by atoms with E-state index in [1.165, 1.54) is 30.9 Å². The van der Waals surface area contributed by atoms with Crippen molar-refractivity contribution in [1.29, 1.82) is 0 Å². The first-order valence-corrected chi connectivity index (χ1v) is 8.88. The summed E-state index contributed by atoms with van der Waals surface area (Å²) < 4.78 is 5.77. The maximum atomic E-state index is 12.8. The molecule has 0 atom stereocenters. The number of ether oxygens (including phenoxy) is 1. The minimum Gasteiger partial charge on any atom is -0.619 e. The van der Waals surface area contributed by atoms with Crippen LogP contribution in [0, 0.1) is 5.21 Å². The molecule has 6 nitrogen and oxygen atoms in total. The predicted molar refractivity (Wildman–Crippen MR) is 96.5 cm³/mol. The Morgan fingerprint density at radius 1 is 1.04 bits per heavy atom. The van der Waals surface area contributed by atoms with Gasteiger partial charge in [-0.15, -0.1) is 0 Å². The fraction of sp³-hybridized carbons (Fsp3) is 0.350. The highest BCUT2D eigenvalue weighted by Crippen LogP contribution is 2.27. The fourth-order valence-corrected chi connectivity index (χ4v) is 3.32. The third kappa shape index (κ3) is 4.39. The summed E-state index contributed by atoms with van der Waals surface area (Å²) >= 11 is 0. The second kappa shape index (κ2) is 8.47. The second-order valence-electron chi connectivity index (χ2n) is 6.41. The summed E-state index contributed by atoms with van der Waals surface area (Å²) in [7, 11) is 0. The number of amides is 1. The van der Waals surface area contributed by atoms with Gasteiger partial charge in [-0.05, 0) is 25.0 Å². The molecule has 1 saturated carbocycles. The van der Waals surface area contributed by atoms with Crippen molar-refractivity contribution < 1.29 is 19.1 Å². The smallest absolute Gasteiger partial charge is 0.339 e. The fourth-order valence-electron chi connectivity index (χ4n) is 3.32. The zero-order valence-corrected chi connectivity index (χ0v) is 14.5. The quantitative estimate of drug-likeness (QED) is 0.470. The zero-order valence-electron chi connectivity index (χ0n) is 14.5. The summed E-state index contributed by atoms with van der Waals surface area (Å²) in [6.07, 6.45) is 7.73. The molecule has 0 N–H and O–H groups in total. The van der Waals surface area contributed by atoms with E-state index in [0.717, 1.165) is 31.4 Å². The molecule has 0 unspecified atom stereocenters. The van der Waals surface area contributed by atoms with Crippen molar-refractivity contribution in [2.45, 2.75) is 38.1 Å². The van der Waals surface area contributed by atoms with Crippen molar-refractivity contribution in [3.63, 3.8) is 0 Å². The molecule has 6 heteroatoms. The Kier molecular flexibility index (Phi) is 5.84. The van der Waals surface area contributed by atoms with Crippen molar-refractivity contribution in [1.82, 2.24) is 0 Å². The van der Waals surface area contributed by atoms with Gasteiger partial charge in [0.05, 0.1) is 5.56 Å². The molecule has 26 heavy (non-hydrogen) atoms. The first kappa shape index (κ1) is 17.9. The Morgan fingerprint density at radius 2 is 1.69 bits per heavy atom. The van der Waals surface area contributed by atoms with Crippen LogP contribution in [0.4, 0.5) is 5.69 Å². The highest BCUT2D eigenvalue weighted by Gasteiger charge is 2.27. The molecule has 1 aliphatic rings. The van der Waals surface area contributed by atoms with E-state index in [0.29, 0.717) is 4.73 Å². The summed E-state index contributed by atoms with van der Waals surface area (Å²) in [5.41, 5.74) is 1.07. The lowest BCUT2D eigenvalue weighted by Crippen LogP contribution is -2.43. The number of anilines is 1. The molecule has 1 aliphatic carbocycles. The molecule has 0 saturated heterocycles. The first-order valence-electron chi connectivity index (χ1n) is 8.88. The standard InChI is InChI=1S/C20H22N2O4/c23-19(15-26-20(24)16-11-13-21(25)14-12-16)22(17-7-3-1-4-8-17)18-9-5-2-6-10-18/h1,3-4,7-8,11-14,18H,2,5-6,9-10,15H2. The highest BCUT2D eigenvalue weighted by molar-refractivity contribution is 5.97. The number of para-hydroxylation sites is 1. The lowest BCUT2D eigenvalue weighted by Gasteiger charge is -2.34.